The summed E-state index contributed by atoms with van der Waals surface area (Å²) in [5, 5.41) is 2.78. The maximum absolute atomic E-state index is 12.1. The summed E-state index contributed by atoms with van der Waals surface area (Å²) in [6.07, 6.45) is 1.54. The van der Waals surface area contributed by atoms with E-state index in [9.17, 15) is 9.59 Å². The minimum absolute atomic E-state index is 0.232. The topological polar surface area (TPSA) is 64.2 Å². The van der Waals surface area contributed by atoms with Crippen molar-refractivity contribution in [1.82, 2.24) is 4.57 Å². The van der Waals surface area contributed by atoms with Crippen molar-refractivity contribution < 1.29 is 9.21 Å². The van der Waals surface area contributed by atoms with Crippen LogP contribution in [0.3, 0.4) is 0 Å². The van der Waals surface area contributed by atoms with Crippen LogP contribution in [0.4, 0.5) is 5.69 Å². The number of fused-ring (bicyclic) bond motifs is 1. The summed E-state index contributed by atoms with van der Waals surface area (Å²) in [4.78, 5) is 23.6. The Hall–Kier alpha value is -3.08. The summed E-state index contributed by atoms with van der Waals surface area (Å²) in [6.45, 7) is 1.88. The summed E-state index contributed by atoms with van der Waals surface area (Å²) >= 11 is 0. The molecule has 0 aliphatic carbocycles. The van der Waals surface area contributed by atoms with Gasteiger partial charge in [0.1, 0.15) is 0 Å². The largest absolute Gasteiger partial charge is 0.419 e. The molecule has 116 valence electrons. The van der Waals surface area contributed by atoms with E-state index in [4.69, 9.17) is 4.42 Å². The summed E-state index contributed by atoms with van der Waals surface area (Å²) in [5.41, 5.74) is 3.57. The number of benzene rings is 2. The Balaban J connectivity index is 1.81. The number of aryl methyl sites for hydroxylation is 1. The van der Waals surface area contributed by atoms with Gasteiger partial charge in [0.15, 0.2) is 5.58 Å². The van der Waals surface area contributed by atoms with E-state index < -0.39 is 5.76 Å². The van der Waals surface area contributed by atoms with Crippen LogP contribution in [0, 0.1) is 0 Å². The number of aromatic nitrogens is 1. The molecule has 3 aromatic rings. The molecule has 0 saturated heterocycles. The quantitative estimate of drug-likeness (QED) is 0.756. The first-order valence-electron chi connectivity index (χ1n) is 7.19. The molecule has 0 saturated carbocycles. The fraction of sp³-hybridized carbons (Fsp3) is 0.111. The van der Waals surface area contributed by atoms with Crippen LogP contribution in [0.25, 0.3) is 16.7 Å². The lowest BCUT2D eigenvalue weighted by atomic mass is 10.1. The molecule has 0 spiro atoms. The van der Waals surface area contributed by atoms with Gasteiger partial charge in [-0.1, -0.05) is 30.3 Å². The molecule has 3 rings (SSSR count). The predicted octanol–water partition coefficient (Wildman–Crippen LogP) is 3.17. The number of hydrogen-bond acceptors (Lipinski definition) is 3. The molecule has 23 heavy (non-hydrogen) atoms. The molecular weight excluding hydrogens is 292 g/mol. The Morgan fingerprint density at radius 1 is 1.17 bits per heavy atom. The molecule has 0 bridgehead atoms. The number of nitrogens with zero attached hydrogens (tertiary/aromatic N) is 1. The van der Waals surface area contributed by atoms with E-state index in [0.717, 1.165) is 11.1 Å². The molecule has 0 radical (unpaired) electrons. The molecule has 0 aliphatic rings. The molecule has 2 aromatic carbocycles. The molecule has 1 aromatic heterocycles. The Bertz CT molecular complexity index is 949. The SMILES string of the molecule is C/C(=C\C(=O)Nc1ccc2c(c1)oc(=O)n2C)c1ccccc1. The normalized spacial score (nSPS) is 11.7. The van der Waals surface area contributed by atoms with Gasteiger partial charge in [0.2, 0.25) is 5.91 Å². The Kier molecular flexibility index (Phi) is 3.85. The zero-order chi connectivity index (χ0) is 16.4. The number of carbonyl (C=O) groups is 1. The molecule has 0 unspecified atom stereocenters. The van der Waals surface area contributed by atoms with Gasteiger partial charge in [-0.15, -0.1) is 0 Å². The molecule has 5 heteroatoms. The summed E-state index contributed by atoms with van der Waals surface area (Å²) < 4.78 is 6.53. The van der Waals surface area contributed by atoms with Crippen molar-refractivity contribution in [3.8, 4) is 0 Å². The number of hydrogen-bond donors (Lipinski definition) is 1. The van der Waals surface area contributed by atoms with E-state index in [1.165, 1.54) is 4.57 Å². The molecule has 5 nitrogen and oxygen atoms in total. The van der Waals surface area contributed by atoms with Crippen LogP contribution in [0.1, 0.15) is 12.5 Å². The third-order valence-electron chi connectivity index (χ3n) is 3.64. The summed E-state index contributed by atoms with van der Waals surface area (Å²) in [7, 11) is 1.64. The number of rotatable bonds is 3. The van der Waals surface area contributed by atoms with E-state index in [0.29, 0.717) is 16.8 Å². The molecule has 0 aliphatic heterocycles. The highest BCUT2D eigenvalue weighted by Crippen LogP contribution is 2.18. The van der Waals surface area contributed by atoms with Crippen molar-refractivity contribution in [2.75, 3.05) is 5.32 Å². The monoisotopic (exact) mass is 308 g/mol. The van der Waals surface area contributed by atoms with Gasteiger partial charge >= 0.3 is 5.76 Å². The highest BCUT2D eigenvalue weighted by molar-refractivity contribution is 6.04. The van der Waals surface area contributed by atoms with E-state index in [1.807, 2.05) is 37.3 Å². The maximum Gasteiger partial charge on any atom is 0.419 e. The average Bonchev–Trinajstić information content (AvgIpc) is 2.82. The Morgan fingerprint density at radius 2 is 1.91 bits per heavy atom. The van der Waals surface area contributed by atoms with Crippen molar-refractivity contribution in [2.45, 2.75) is 6.92 Å². The fourth-order valence-corrected chi connectivity index (χ4v) is 2.37. The first kappa shape index (κ1) is 14.8. The van der Waals surface area contributed by atoms with Gasteiger partial charge in [-0.3, -0.25) is 9.36 Å². The highest BCUT2D eigenvalue weighted by atomic mass is 16.4. The molecule has 1 heterocycles. The number of anilines is 1. The molecule has 1 amide bonds. The Morgan fingerprint density at radius 3 is 2.65 bits per heavy atom. The van der Waals surface area contributed by atoms with Crippen molar-refractivity contribution in [3.05, 3.63) is 70.7 Å². The van der Waals surface area contributed by atoms with Gasteiger partial charge in [0, 0.05) is 24.9 Å². The lowest BCUT2D eigenvalue weighted by Crippen LogP contribution is -2.09. The smallest absolute Gasteiger partial charge is 0.408 e. The van der Waals surface area contributed by atoms with Gasteiger partial charge in [-0.05, 0) is 30.2 Å². The van der Waals surface area contributed by atoms with Crippen LogP contribution in [0.5, 0.6) is 0 Å². The minimum Gasteiger partial charge on any atom is -0.408 e. The standard InChI is InChI=1S/C18H16N2O3/c1-12(13-6-4-3-5-7-13)10-17(21)19-14-8-9-15-16(11-14)23-18(22)20(15)2/h3-11H,1-2H3,(H,19,21)/b12-10+. The number of amides is 1. The first-order chi connectivity index (χ1) is 11.0. The minimum atomic E-state index is -0.428. The van der Waals surface area contributed by atoms with Gasteiger partial charge in [0.05, 0.1) is 5.52 Å². The third kappa shape index (κ3) is 3.08. The Labute approximate surface area is 132 Å². The zero-order valence-electron chi connectivity index (χ0n) is 12.9. The fourth-order valence-electron chi connectivity index (χ4n) is 2.37. The lowest BCUT2D eigenvalue weighted by Gasteiger charge is -2.04. The number of oxazole rings is 1. The second-order valence-corrected chi connectivity index (χ2v) is 5.29. The lowest BCUT2D eigenvalue weighted by molar-refractivity contribution is -0.111. The van der Waals surface area contributed by atoms with Gasteiger partial charge in [0.25, 0.3) is 0 Å². The van der Waals surface area contributed by atoms with Crippen LogP contribution < -0.4 is 11.1 Å². The van der Waals surface area contributed by atoms with Gasteiger partial charge < -0.3 is 9.73 Å². The average molecular weight is 308 g/mol. The van der Waals surface area contributed by atoms with Gasteiger partial charge in [-0.25, -0.2) is 4.79 Å². The second kappa shape index (κ2) is 5.96. The third-order valence-corrected chi connectivity index (χ3v) is 3.64. The van der Waals surface area contributed by atoms with E-state index >= 15 is 0 Å². The maximum atomic E-state index is 12.1. The molecule has 0 atom stereocenters. The molecule has 0 fully saturated rings. The van der Waals surface area contributed by atoms with Crippen molar-refractivity contribution in [3.63, 3.8) is 0 Å². The summed E-state index contributed by atoms with van der Waals surface area (Å²) in [5.74, 6) is -0.660. The zero-order valence-corrected chi connectivity index (χ0v) is 12.9. The first-order valence-corrected chi connectivity index (χ1v) is 7.19. The predicted molar refractivity (Wildman–Crippen MR) is 90.2 cm³/mol. The van der Waals surface area contributed by atoms with E-state index in [-0.39, 0.29) is 5.91 Å². The van der Waals surface area contributed by atoms with E-state index in [2.05, 4.69) is 5.32 Å². The van der Waals surface area contributed by atoms with Crippen molar-refractivity contribution >= 4 is 28.3 Å². The highest BCUT2D eigenvalue weighted by Gasteiger charge is 2.07. The van der Waals surface area contributed by atoms with Crippen LogP contribution in [0.15, 0.2) is 63.8 Å². The molecular formula is C18H16N2O3. The van der Waals surface area contributed by atoms with Crippen LogP contribution in [-0.4, -0.2) is 10.5 Å². The number of carbonyl (C=O) groups excluding carboxylic acids is 1. The number of allylic oxidation sites excluding steroid dienone is 1. The van der Waals surface area contributed by atoms with Crippen LogP contribution in [0.2, 0.25) is 0 Å². The van der Waals surface area contributed by atoms with Gasteiger partial charge in [-0.2, -0.15) is 0 Å². The van der Waals surface area contributed by atoms with Crippen LogP contribution >= 0.6 is 0 Å². The van der Waals surface area contributed by atoms with Crippen molar-refractivity contribution in [2.24, 2.45) is 7.05 Å². The number of nitrogens with one attached hydrogen (secondary N) is 1. The second-order valence-electron chi connectivity index (χ2n) is 5.29. The molecule has 1 N–H and O–H groups in total. The van der Waals surface area contributed by atoms with Crippen molar-refractivity contribution in [1.29, 1.82) is 0 Å². The van der Waals surface area contributed by atoms with E-state index in [1.54, 1.807) is 31.3 Å². The van der Waals surface area contributed by atoms with Crippen LogP contribution in [-0.2, 0) is 11.8 Å². The summed E-state index contributed by atoms with van der Waals surface area (Å²) in [6, 6.07) is 14.8.